The normalized spacial score (nSPS) is 16.9. The molecule has 1 fully saturated rings. The fourth-order valence-electron chi connectivity index (χ4n) is 4.23. The summed E-state index contributed by atoms with van der Waals surface area (Å²) in [6.45, 7) is 11.1. The summed E-state index contributed by atoms with van der Waals surface area (Å²) in [6, 6.07) is 8.44. The number of ether oxygens (including phenoxy) is 1. The molecule has 1 unspecified atom stereocenters. The number of aromatic amines is 1. The van der Waals surface area contributed by atoms with Crippen LogP contribution in [0.25, 0.3) is 0 Å². The van der Waals surface area contributed by atoms with Crippen molar-refractivity contribution in [2.24, 2.45) is 5.92 Å². The quantitative estimate of drug-likeness (QED) is 0.517. The summed E-state index contributed by atoms with van der Waals surface area (Å²) in [5.74, 6) is 2.26. The maximum absolute atomic E-state index is 12.3. The van der Waals surface area contributed by atoms with Gasteiger partial charge in [-0.05, 0) is 69.2 Å². The fourth-order valence-corrected chi connectivity index (χ4v) is 4.23. The van der Waals surface area contributed by atoms with Crippen LogP contribution in [-0.2, 0) is 13.0 Å². The Hall–Kier alpha value is -2.34. The van der Waals surface area contributed by atoms with E-state index in [-0.39, 0.29) is 5.56 Å². The second-order valence-corrected chi connectivity index (χ2v) is 8.84. The number of aryl methyl sites for hydroxylation is 1. The molecule has 0 saturated carbocycles. The first-order valence-electron chi connectivity index (χ1n) is 11.8. The molecule has 1 aromatic heterocycles. The predicted octanol–water partition coefficient (Wildman–Crippen LogP) is 4.53. The first kappa shape index (κ1) is 23.3. The number of aromatic nitrogens is 2. The molecule has 0 amide bonds. The van der Waals surface area contributed by atoms with Crippen molar-refractivity contribution in [3.05, 3.63) is 51.4 Å². The number of likely N-dealkylation sites (tertiary alicyclic amines) is 1. The number of rotatable bonds is 11. The second-order valence-electron chi connectivity index (χ2n) is 8.84. The van der Waals surface area contributed by atoms with Crippen molar-refractivity contribution in [1.29, 1.82) is 0 Å². The topological polar surface area (TPSA) is 70.2 Å². The van der Waals surface area contributed by atoms with Gasteiger partial charge in [0.1, 0.15) is 5.75 Å². The van der Waals surface area contributed by atoms with Crippen molar-refractivity contribution in [2.75, 3.05) is 31.6 Å². The van der Waals surface area contributed by atoms with E-state index in [1.165, 1.54) is 31.5 Å². The van der Waals surface area contributed by atoms with Gasteiger partial charge in [-0.3, -0.25) is 14.7 Å². The van der Waals surface area contributed by atoms with Crippen molar-refractivity contribution in [3.63, 3.8) is 0 Å². The lowest BCUT2D eigenvalue weighted by Crippen LogP contribution is -2.33. The Morgan fingerprint density at radius 1 is 1.32 bits per heavy atom. The number of nitrogens with one attached hydrogen (secondary N) is 2. The molecule has 1 aliphatic rings. The Labute approximate surface area is 186 Å². The number of hydrogen-bond acceptors (Lipinski definition) is 5. The molecule has 1 aliphatic heterocycles. The average Bonchev–Trinajstić information content (AvgIpc) is 2.73. The molecule has 2 heterocycles. The summed E-state index contributed by atoms with van der Waals surface area (Å²) < 4.78 is 5.95. The first-order valence-corrected chi connectivity index (χ1v) is 11.8. The Kier molecular flexibility index (Phi) is 8.95. The highest BCUT2D eigenvalue weighted by Gasteiger charge is 2.16. The first-order chi connectivity index (χ1) is 15.0. The van der Waals surface area contributed by atoms with Crippen LogP contribution >= 0.6 is 0 Å². The van der Waals surface area contributed by atoms with Gasteiger partial charge < -0.3 is 10.1 Å². The van der Waals surface area contributed by atoms with Crippen LogP contribution in [0.3, 0.4) is 0 Å². The van der Waals surface area contributed by atoms with Gasteiger partial charge in [-0.25, -0.2) is 4.98 Å². The maximum Gasteiger partial charge on any atom is 0.255 e. The van der Waals surface area contributed by atoms with Gasteiger partial charge in [0.05, 0.1) is 6.61 Å². The molecule has 1 saturated heterocycles. The van der Waals surface area contributed by atoms with E-state index in [4.69, 9.17) is 4.74 Å². The molecule has 1 aromatic carbocycles. The minimum absolute atomic E-state index is 0.0281. The third kappa shape index (κ3) is 7.39. The van der Waals surface area contributed by atoms with E-state index in [2.05, 4.69) is 52.2 Å². The molecule has 31 heavy (non-hydrogen) atoms. The number of hydrogen-bond donors (Lipinski definition) is 2. The lowest BCUT2D eigenvalue weighted by Gasteiger charge is -2.30. The van der Waals surface area contributed by atoms with E-state index < -0.39 is 0 Å². The van der Waals surface area contributed by atoms with Gasteiger partial charge in [0.2, 0.25) is 5.95 Å². The SMILES string of the molecule is CCCCc1c(C)nc(NCCCOc2cccc(CN3CCCC(C)C3)c2)[nH]c1=O. The number of nitrogens with zero attached hydrogens (tertiary/aromatic N) is 2. The third-order valence-corrected chi connectivity index (χ3v) is 5.93. The van der Waals surface area contributed by atoms with Crippen molar-refractivity contribution < 1.29 is 4.74 Å². The average molecular weight is 427 g/mol. The number of unbranched alkanes of at least 4 members (excludes halogenated alkanes) is 1. The molecule has 6 nitrogen and oxygen atoms in total. The van der Waals surface area contributed by atoms with E-state index in [0.29, 0.717) is 19.1 Å². The maximum atomic E-state index is 12.3. The summed E-state index contributed by atoms with van der Waals surface area (Å²) in [4.78, 5) is 22.2. The van der Waals surface area contributed by atoms with E-state index >= 15 is 0 Å². The predicted molar refractivity (Wildman–Crippen MR) is 127 cm³/mol. The molecule has 0 aliphatic carbocycles. The third-order valence-electron chi connectivity index (χ3n) is 5.93. The molecule has 0 spiro atoms. The molecular formula is C25H38N4O2. The summed E-state index contributed by atoms with van der Waals surface area (Å²) in [5, 5.41) is 3.21. The van der Waals surface area contributed by atoms with Gasteiger partial charge in [0.15, 0.2) is 0 Å². The summed E-state index contributed by atoms with van der Waals surface area (Å²) in [7, 11) is 0. The van der Waals surface area contributed by atoms with Crippen LogP contribution in [0.15, 0.2) is 29.1 Å². The molecule has 0 radical (unpaired) electrons. The Bertz CT molecular complexity index is 880. The lowest BCUT2D eigenvalue weighted by atomic mass is 10.00. The molecule has 6 heteroatoms. The minimum Gasteiger partial charge on any atom is -0.494 e. The number of anilines is 1. The molecule has 0 bridgehead atoms. The fraction of sp³-hybridized carbons (Fsp3) is 0.600. The Morgan fingerprint density at radius 3 is 2.97 bits per heavy atom. The van der Waals surface area contributed by atoms with Crippen molar-refractivity contribution in [3.8, 4) is 5.75 Å². The highest BCUT2D eigenvalue weighted by Crippen LogP contribution is 2.20. The Morgan fingerprint density at radius 2 is 2.19 bits per heavy atom. The van der Waals surface area contributed by atoms with Crippen LogP contribution in [0.5, 0.6) is 5.75 Å². The monoisotopic (exact) mass is 426 g/mol. The summed E-state index contributed by atoms with van der Waals surface area (Å²) in [5.41, 5.74) is 2.90. The largest absolute Gasteiger partial charge is 0.494 e. The van der Waals surface area contributed by atoms with Crippen LogP contribution < -0.4 is 15.6 Å². The van der Waals surface area contributed by atoms with Gasteiger partial charge in [0, 0.05) is 30.9 Å². The highest BCUT2D eigenvalue weighted by atomic mass is 16.5. The number of benzene rings is 1. The van der Waals surface area contributed by atoms with Crippen LogP contribution in [0.1, 0.15) is 62.8 Å². The zero-order valence-corrected chi connectivity index (χ0v) is 19.4. The van der Waals surface area contributed by atoms with Gasteiger partial charge in [-0.1, -0.05) is 32.4 Å². The molecule has 170 valence electrons. The molecule has 2 aromatic rings. The standard InChI is InChI=1S/C25H38N4O2/c1-4-5-12-23-20(3)27-25(28-24(23)30)26-13-8-15-31-22-11-6-10-21(16-22)18-29-14-7-9-19(2)17-29/h6,10-11,16,19H,4-5,7-9,12-15,17-18H2,1-3H3,(H2,26,27,28,30). The Balaban J connectivity index is 1.41. The van der Waals surface area contributed by atoms with Gasteiger partial charge in [-0.2, -0.15) is 0 Å². The van der Waals surface area contributed by atoms with Crippen LogP contribution in [0.4, 0.5) is 5.95 Å². The van der Waals surface area contributed by atoms with Crippen molar-refractivity contribution >= 4 is 5.95 Å². The van der Waals surface area contributed by atoms with Gasteiger partial charge in [-0.15, -0.1) is 0 Å². The lowest BCUT2D eigenvalue weighted by molar-refractivity contribution is 0.176. The van der Waals surface area contributed by atoms with Crippen molar-refractivity contribution in [2.45, 2.75) is 65.8 Å². The zero-order valence-electron chi connectivity index (χ0n) is 19.4. The summed E-state index contributed by atoms with van der Waals surface area (Å²) in [6.07, 6.45) is 6.33. The van der Waals surface area contributed by atoms with E-state index in [9.17, 15) is 4.79 Å². The molecule has 2 N–H and O–H groups in total. The summed E-state index contributed by atoms with van der Waals surface area (Å²) >= 11 is 0. The highest BCUT2D eigenvalue weighted by molar-refractivity contribution is 5.30. The van der Waals surface area contributed by atoms with E-state index in [1.54, 1.807) is 0 Å². The van der Waals surface area contributed by atoms with E-state index in [0.717, 1.165) is 55.2 Å². The molecular weight excluding hydrogens is 388 g/mol. The van der Waals surface area contributed by atoms with Crippen LogP contribution in [-0.4, -0.2) is 41.1 Å². The minimum atomic E-state index is -0.0281. The smallest absolute Gasteiger partial charge is 0.255 e. The second kappa shape index (κ2) is 11.9. The number of piperidine rings is 1. The zero-order chi connectivity index (χ0) is 22.1. The van der Waals surface area contributed by atoms with Crippen molar-refractivity contribution in [1.82, 2.24) is 14.9 Å². The molecule has 3 rings (SSSR count). The van der Waals surface area contributed by atoms with Crippen LogP contribution in [0.2, 0.25) is 0 Å². The van der Waals surface area contributed by atoms with Gasteiger partial charge >= 0.3 is 0 Å². The van der Waals surface area contributed by atoms with Gasteiger partial charge in [0.25, 0.3) is 5.56 Å². The van der Waals surface area contributed by atoms with Crippen LogP contribution in [0, 0.1) is 12.8 Å². The van der Waals surface area contributed by atoms with E-state index in [1.807, 2.05) is 13.0 Å². The molecule has 1 atom stereocenters. The number of H-pyrrole nitrogens is 1.